The quantitative estimate of drug-likeness (QED) is 0.707. The summed E-state index contributed by atoms with van der Waals surface area (Å²) in [6.45, 7) is 6.12. The Labute approximate surface area is 179 Å². The van der Waals surface area contributed by atoms with E-state index in [0.29, 0.717) is 12.1 Å². The number of nitrogens with one attached hydrogen (secondary N) is 1. The fraction of sp³-hybridized carbons (Fsp3) is 0.391. The molecule has 0 aliphatic carbocycles. The van der Waals surface area contributed by atoms with Gasteiger partial charge in [0.25, 0.3) is 0 Å². The summed E-state index contributed by atoms with van der Waals surface area (Å²) < 4.78 is 25.3. The predicted octanol–water partition coefficient (Wildman–Crippen LogP) is 4.48. The van der Waals surface area contributed by atoms with Gasteiger partial charge in [-0.25, -0.2) is 13.4 Å². The highest BCUT2D eigenvalue weighted by Crippen LogP contribution is 2.36. The normalized spacial score (nSPS) is 16.6. The van der Waals surface area contributed by atoms with Gasteiger partial charge in [0.15, 0.2) is 0 Å². The van der Waals surface area contributed by atoms with Crippen molar-refractivity contribution in [2.45, 2.75) is 46.1 Å². The maximum atomic E-state index is 13.2. The molecule has 0 unspecified atom stereocenters. The third-order valence-electron chi connectivity index (χ3n) is 5.54. The molecule has 1 aliphatic rings. The first-order valence-corrected chi connectivity index (χ1v) is 12.2. The molecule has 7 heteroatoms. The highest BCUT2D eigenvalue weighted by atomic mass is 32.2. The summed E-state index contributed by atoms with van der Waals surface area (Å²) in [5.41, 5.74) is 4.45. The number of sulfonamides is 1. The van der Waals surface area contributed by atoms with Gasteiger partial charge in [0.1, 0.15) is 0 Å². The molecule has 0 spiro atoms. The first-order chi connectivity index (χ1) is 14.2. The van der Waals surface area contributed by atoms with Gasteiger partial charge < -0.3 is 0 Å². The summed E-state index contributed by atoms with van der Waals surface area (Å²) in [4.78, 5) is 13.2. The largest absolute Gasteiger partial charge is 0.284 e. The van der Waals surface area contributed by atoms with E-state index in [2.05, 4.69) is 23.8 Å². The molecule has 6 nitrogen and oxygen atoms in total. The molecule has 1 heterocycles. The predicted molar refractivity (Wildman–Crippen MR) is 121 cm³/mol. The molecule has 0 saturated carbocycles. The van der Waals surface area contributed by atoms with Crippen molar-refractivity contribution in [3.63, 3.8) is 0 Å². The maximum Gasteiger partial charge on any atom is 0.246 e. The Balaban J connectivity index is 1.94. The lowest BCUT2D eigenvalue weighted by Gasteiger charge is -2.26. The van der Waals surface area contributed by atoms with Gasteiger partial charge in [0.2, 0.25) is 15.9 Å². The SMILES string of the molecule is CCC(CC)C(=O)N1N=C(c2ccc(NS(C)(=O)=O)cc2)C[C@H]1c1ccccc1C. The first kappa shape index (κ1) is 22.0. The second-order valence-electron chi connectivity index (χ2n) is 7.77. The molecule has 3 rings (SSSR count). The number of hydrogen-bond donors (Lipinski definition) is 1. The van der Waals surface area contributed by atoms with Crippen LogP contribution < -0.4 is 4.72 Å². The van der Waals surface area contributed by atoms with Gasteiger partial charge in [0, 0.05) is 18.0 Å². The van der Waals surface area contributed by atoms with Crippen LogP contribution in [-0.2, 0) is 14.8 Å². The van der Waals surface area contributed by atoms with Crippen LogP contribution in [0.1, 0.15) is 55.8 Å². The highest BCUT2D eigenvalue weighted by Gasteiger charge is 2.35. The average molecular weight is 428 g/mol. The number of nitrogens with zero attached hydrogens (tertiary/aromatic N) is 2. The smallest absolute Gasteiger partial charge is 0.246 e. The molecule has 0 aromatic heterocycles. The van der Waals surface area contributed by atoms with Crippen LogP contribution in [0.25, 0.3) is 0 Å². The van der Waals surface area contributed by atoms with E-state index in [-0.39, 0.29) is 17.9 Å². The van der Waals surface area contributed by atoms with Gasteiger partial charge in [0.05, 0.1) is 18.0 Å². The second-order valence-corrected chi connectivity index (χ2v) is 9.52. The molecule has 1 aliphatic heterocycles. The minimum Gasteiger partial charge on any atom is -0.284 e. The zero-order chi connectivity index (χ0) is 21.9. The minimum atomic E-state index is -3.33. The van der Waals surface area contributed by atoms with Crippen LogP contribution in [0, 0.1) is 12.8 Å². The number of carbonyl (C=O) groups is 1. The van der Waals surface area contributed by atoms with Gasteiger partial charge in [-0.2, -0.15) is 5.10 Å². The fourth-order valence-electron chi connectivity index (χ4n) is 3.86. The van der Waals surface area contributed by atoms with Crippen LogP contribution >= 0.6 is 0 Å². The van der Waals surface area contributed by atoms with Crippen molar-refractivity contribution in [3.05, 3.63) is 65.2 Å². The molecule has 0 bridgehead atoms. The zero-order valence-electron chi connectivity index (χ0n) is 17.9. The Morgan fingerprint density at radius 1 is 1.13 bits per heavy atom. The molecule has 0 radical (unpaired) electrons. The van der Waals surface area contributed by atoms with E-state index in [1.165, 1.54) is 0 Å². The number of anilines is 1. The summed E-state index contributed by atoms with van der Waals surface area (Å²) in [7, 11) is -3.33. The maximum absolute atomic E-state index is 13.2. The molecule has 160 valence electrons. The van der Waals surface area contributed by atoms with Crippen molar-refractivity contribution in [1.82, 2.24) is 5.01 Å². The topological polar surface area (TPSA) is 78.8 Å². The highest BCUT2D eigenvalue weighted by molar-refractivity contribution is 7.92. The fourth-order valence-corrected chi connectivity index (χ4v) is 4.42. The zero-order valence-corrected chi connectivity index (χ0v) is 18.7. The number of amides is 1. The van der Waals surface area contributed by atoms with Gasteiger partial charge >= 0.3 is 0 Å². The molecule has 2 aromatic rings. The van der Waals surface area contributed by atoms with Crippen LogP contribution in [0.2, 0.25) is 0 Å². The van der Waals surface area contributed by atoms with Crippen LogP contribution in [0.5, 0.6) is 0 Å². The van der Waals surface area contributed by atoms with Crippen molar-refractivity contribution >= 4 is 27.3 Å². The number of hydrogen-bond acceptors (Lipinski definition) is 4. The Morgan fingerprint density at radius 3 is 2.33 bits per heavy atom. The van der Waals surface area contributed by atoms with Crippen LogP contribution in [0.4, 0.5) is 5.69 Å². The lowest BCUT2D eigenvalue weighted by Crippen LogP contribution is -2.32. The lowest BCUT2D eigenvalue weighted by atomic mass is 9.94. The van der Waals surface area contributed by atoms with E-state index in [4.69, 9.17) is 5.10 Å². The lowest BCUT2D eigenvalue weighted by molar-refractivity contribution is -0.137. The summed E-state index contributed by atoms with van der Waals surface area (Å²) in [5, 5.41) is 6.40. The molecular weight excluding hydrogens is 398 g/mol. The van der Waals surface area contributed by atoms with Gasteiger partial charge in [-0.3, -0.25) is 9.52 Å². The molecular formula is C23H29N3O3S. The Bertz CT molecular complexity index is 1040. The monoisotopic (exact) mass is 427 g/mol. The Kier molecular flexibility index (Phi) is 6.61. The summed E-state index contributed by atoms with van der Waals surface area (Å²) in [6, 6.07) is 15.1. The van der Waals surface area contributed by atoms with Crippen LogP contribution in [0.3, 0.4) is 0 Å². The van der Waals surface area contributed by atoms with E-state index in [9.17, 15) is 13.2 Å². The molecule has 1 N–H and O–H groups in total. The van der Waals surface area contributed by atoms with E-state index >= 15 is 0 Å². The number of rotatable bonds is 7. The third-order valence-corrected chi connectivity index (χ3v) is 6.15. The molecule has 1 amide bonds. The van der Waals surface area contributed by atoms with Crippen molar-refractivity contribution in [2.75, 3.05) is 11.0 Å². The van der Waals surface area contributed by atoms with E-state index in [1.54, 1.807) is 17.1 Å². The second kappa shape index (κ2) is 9.00. The van der Waals surface area contributed by atoms with Gasteiger partial charge in [-0.1, -0.05) is 50.2 Å². The Hall–Kier alpha value is -2.67. The van der Waals surface area contributed by atoms with Crippen LogP contribution in [-0.4, -0.2) is 31.3 Å². The van der Waals surface area contributed by atoms with E-state index in [1.807, 2.05) is 38.1 Å². The molecule has 1 atom stereocenters. The van der Waals surface area contributed by atoms with Crippen molar-refractivity contribution in [2.24, 2.45) is 11.0 Å². The van der Waals surface area contributed by atoms with Gasteiger partial charge in [-0.15, -0.1) is 0 Å². The molecule has 0 fully saturated rings. The van der Waals surface area contributed by atoms with Crippen molar-refractivity contribution in [1.29, 1.82) is 0 Å². The van der Waals surface area contributed by atoms with Crippen LogP contribution in [0.15, 0.2) is 53.6 Å². The van der Waals surface area contributed by atoms with Gasteiger partial charge in [-0.05, 0) is 48.6 Å². The summed E-state index contributed by atoms with van der Waals surface area (Å²) in [5.74, 6) is -0.000397. The number of carbonyl (C=O) groups excluding carboxylic acids is 1. The van der Waals surface area contributed by atoms with E-state index in [0.717, 1.165) is 41.5 Å². The summed E-state index contributed by atoms with van der Waals surface area (Å²) >= 11 is 0. The minimum absolute atomic E-state index is 0.0543. The van der Waals surface area contributed by atoms with Crippen molar-refractivity contribution in [3.8, 4) is 0 Å². The summed E-state index contributed by atoms with van der Waals surface area (Å²) in [6.07, 6.45) is 3.30. The van der Waals surface area contributed by atoms with Crippen molar-refractivity contribution < 1.29 is 13.2 Å². The number of benzene rings is 2. The number of hydrazone groups is 1. The third kappa shape index (κ3) is 4.90. The molecule has 0 saturated heterocycles. The first-order valence-electron chi connectivity index (χ1n) is 10.3. The van der Waals surface area contributed by atoms with E-state index < -0.39 is 10.0 Å². The molecule has 30 heavy (non-hydrogen) atoms. The standard InChI is InChI=1S/C23H29N3O3S/c1-5-17(6-2)23(27)26-22(20-10-8-7-9-16(20)3)15-21(24-26)18-11-13-19(14-12-18)25-30(4,28)29/h7-14,17,22,25H,5-6,15H2,1-4H3/t22-/m0/s1. The molecule has 2 aromatic carbocycles. The number of aryl methyl sites for hydroxylation is 1. The average Bonchev–Trinajstić information content (AvgIpc) is 3.13. The Morgan fingerprint density at radius 2 is 1.77 bits per heavy atom.